The van der Waals surface area contributed by atoms with Crippen molar-refractivity contribution < 1.29 is 19.7 Å². The van der Waals surface area contributed by atoms with Crippen molar-refractivity contribution in [2.75, 3.05) is 19.8 Å². The molecule has 18 heavy (non-hydrogen) atoms. The summed E-state index contributed by atoms with van der Waals surface area (Å²) in [7, 11) is 0. The average molecular weight is 294 g/mol. The van der Waals surface area contributed by atoms with Crippen molar-refractivity contribution in [2.45, 2.75) is 6.04 Å². The van der Waals surface area contributed by atoms with Gasteiger partial charge in [0.05, 0.1) is 29.3 Å². The Balaban J connectivity index is 2.44. The highest BCUT2D eigenvalue weighted by molar-refractivity contribution is 6.42. The van der Waals surface area contributed by atoms with Gasteiger partial charge in [-0.15, -0.1) is 0 Å². The molecule has 0 bridgehead atoms. The molecule has 0 saturated heterocycles. The van der Waals surface area contributed by atoms with Gasteiger partial charge in [-0.05, 0) is 12.1 Å². The Kier molecular flexibility index (Phi) is 6.21. The molecule has 0 fully saturated rings. The molecule has 0 saturated carbocycles. The Morgan fingerprint density at radius 3 is 2.50 bits per heavy atom. The molecule has 5 nitrogen and oxygen atoms in total. The molecule has 0 heterocycles. The summed E-state index contributed by atoms with van der Waals surface area (Å²) in [5.41, 5.74) is 0. The summed E-state index contributed by atoms with van der Waals surface area (Å²) in [4.78, 5) is 11.4. The van der Waals surface area contributed by atoms with E-state index in [4.69, 9.17) is 38.2 Å². The van der Waals surface area contributed by atoms with Gasteiger partial charge in [0, 0.05) is 6.07 Å². The minimum Gasteiger partial charge on any atom is -0.484 e. The maximum atomic E-state index is 11.4. The van der Waals surface area contributed by atoms with Crippen LogP contribution < -0.4 is 10.1 Å². The summed E-state index contributed by atoms with van der Waals surface area (Å²) in [5, 5.41) is 20.7. The first-order valence-electron chi connectivity index (χ1n) is 5.15. The number of benzene rings is 1. The van der Waals surface area contributed by atoms with Gasteiger partial charge in [0.1, 0.15) is 5.75 Å². The number of hydrogen-bond acceptors (Lipinski definition) is 4. The maximum Gasteiger partial charge on any atom is 0.258 e. The summed E-state index contributed by atoms with van der Waals surface area (Å²) in [6.45, 7) is -0.918. The molecule has 0 aromatic heterocycles. The number of halogens is 2. The zero-order valence-electron chi connectivity index (χ0n) is 9.40. The van der Waals surface area contributed by atoms with Gasteiger partial charge in [0.2, 0.25) is 0 Å². The molecule has 1 rings (SSSR count). The standard InChI is InChI=1S/C11H13Cl2NO4/c12-9-2-1-8(3-10(9)13)18-6-11(17)14-7(4-15)5-16/h1-3,7,15-16H,4-6H2,(H,14,17). The zero-order chi connectivity index (χ0) is 13.5. The number of nitrogens with one attached hydrogen (secondary N) is 1. The van der Waals surface area contributed by atoms with E-state index < -0.39 is 11.9 Å². The Hall–Kier alpha value is -1.01. The van der Waals surface area contributed by atoms with Crippen LogP contribution >= 0.6 is 23.2 Å². The van der Waals surface area contributed by atoms with E-state index in [0.29, 0.717) is 15.8 Å². The molecule has 0 spiro atoms. The molecule has 3 N–H and O–H groups in total. The van der Waals surface area contributed by atoms with Crippen molar-refractivity contribution in [1.29, 1.82) is 0 Å². The van der Waals surface area contributed by atoms with Crippen LogP contribution in [0, 0.1) is 0 Å². The molecule has 0 aliphatic rings. The maximum absolute atomic E-state index is 11.4. The van der Waals surface area contributed by atoms with Crippen LogP contribution in [0.15, 0.2) is 18.2 Å². The van der Waals surface area contributed by atoms with E-state index in [1.54, 1.807) is 12.1 Å². The SMILES string of the molecule is O=C(COc1ccc(Cl)c(Cl)c1)NC(CO)CO. The van der Waals surface area contributed by atoms with Gasteiger partial charge < -0.3 is 20.3 Å². The molecule has 0 unspecified atom stereocenters. The zero-order valence-corrected chi connectivity index (χ0v) is 10.9. The monoisotopic (exact) mass is 293 g/mol. The lowest BCUT2D eigenvalue weighted by atomic mass is 10.3. The number of ether oxygens (including phenoxy) is 1. The van der Waals surface area contributed by atoms with Crippen LogP contribution in [-0.2, 0) is 4.79 Å². The van der Waals surface area contributed by atoms with Gasteiger partial charge in [-0.3, -0.25) is 4.79 Å². The van der Waals surface area contributed by atoms with Gasteiger partial charge in [-0.2, -0.15) is 0 Å². The van der Waals surface area contributed by atoms with Crippen molar-refractivity contribution >= 4 is 29.1 Å². The molecular formula is C11H13Cl2NO4. The van der Waals surface area contributed by atoms with Crippen LogP contribution in [0.2, 0.25) is 10.0 Å². The molecule has 0 radical (unpaired) electrons. The van der Waals surface area contributed by atoms with Crippen LogP contribution in [0.3, 0.4) is 0 Å². The second kappa shape index (κ2) is 7.43. The van der Waals surface area contributed by atoms with Crippen molar-refractivity contribution in [3.8, 4) is 5.75 Å². The third-order valence-corrected chi connectivity index (χ3v) is 2.81. The Labute approximate surface area is 114 Å². The first kappa shape index (κ1) is 15.0. The summed E-state index contributed by atoms with van der Waals surface area (Å²) in [6, 6.07) is 3.94. The van der Waals surface area contributed by atoms with Crippen LogP contribution in [0.5, 0.6) is 5.75 Å². The molecular weight excluding hydrogens is 281 g/mol. The minimum absolute atomic E-state index is 0.242. The van der Waals surface area contributed by atoms with E-state index >= 15 is 0 Å². The van der Waals surface area contributed by atoms with Crippen LogP contribution in [0.1, 0.15) is 0 Å². The van der Waals surface area contributed by atoms with Gasteiger partial charge in [0.25, 0.3) is 5.91 Å². The fraction of sp³-hybridized carbons (Fsp3) is 0.364. The van der Waals surface area contributed by atoms with Crippen LogP contribution in [0.4, 0.5) is 0 Å². The lowest BCUT2D eigenvalue weighted by Gasteiger charge is -2.13. The summed E-state index contributed by atoms with van der Waals surface area (Å²) in [5.74, 6) is -0.0433. The Morgan fingerprint density at radius 1 is 1.28 bits per heavy atom. The van der Waals surface area contributed by atoms with Gasteiger partial charge >= 0.3 is 0 Å². The second-order valence-electron chi connectivity index (χ2n) is 3.49. The molecule has 0 aliphatic carbocycles. The predicted octanol–water partition coefficient (Wildman–Crippen LogP) is 0.842. The van der Waals surface area contributed by atoms with E-state index in [2.05, 4.69) is 5.32 Å². The number of rotatable bonds is 6. The number of carbonyl (C=O) groups excluding carboxylic acids is 1. The topological polar surface area (TPSA) is 78.8 Å². The lowest BCUT2D eigenvalue weighted by molar-refractivity contribution is -0.124. The van der Waals surface area contributed by atoms with Crippen molar-refractivity contribution in [3.05, 3.63) is 28.2 Å². The largest absolute Gasteiger partial charge is 0.484 e. The van der Waals surface area contributed by atoms with Crippen LogP contribution in [0.25, 0.3) is 0 Å². The predicted molar refractivity (Wildman–Crippen MR) is 68.1 cm³/mol. The fourth-order valence-electron chi connectivity index (χ4n) is 1.13. The van der Waals surface area contributed by atoms with Gasteiger partial charge in [-0.25, -0.2) is 0 Å². The first-order chi connectivity index (χ1) is 8.56. The second-order valence-corrected chi connectivity index (χ2v) is 4.31. The molecule has 100 valence electrons. The van der Waals surface area contributed by atoms with Gasteiger partial charge in [0.15, 0.2) is 6.61 Å². The highest BCUT2D eigenvalue weighted by Crippen LogP contribution is 2.26. The molecule has 0 atom stereocenters. The van der Waals surface area contributed by atoms with Crippen molar-refractivity contribution in [2.24, 2.45) is 0 Å². The number of hydrogen-bond donors (Lipinski definition) is 3. The molecule has 7 heteroatoms. The minimum atomic E-state index is -0.685. The third-order valence-electron chi connectivity index (χ3n) is 2.07. The highest BCUT2D eigenvalue weighted by atomic mass is 35.5. The van der Waals surface area contributed by atoms with Crippen molar-refractivity contribution in [1.82, 2.24) is 5.32 Å². The molecule has 1 amide bonds. The smallest absolute Gasteiger partial charge is 0.258 e. The summed E-state index contributed by atoms with van der Waals surface area (Å²) < 4.78 is 5.18. The first-order valence-corrected chi connectivity index (χ1v) is 5.91. The lowest BCUT2D eigenvalue weighted by Crippen LogP contribution is -2.42. The summed E-state index contributed by atoms with van der Waals surface area (Å²) in [6.07, 6.45) is 0. The normalized spacial score (nSPS) is 10.5. The number of carbonyl (C=O) groups is 1. The van der Waals surface area contributed by atoms with E-state index in [-0.39, 0.29) is 19.8 Å². The summed E-state index contributed by atoms with van der Waals surface area (Å²) >= 11 is 11.5. The molecule has 1 aromatic rings. The highest BCUT2D eigenvalue weighted by Gasteiger charge is 2.10. The van der Waals surface area contributed by atoms with E-state index in [9.17, 15) is 4.79 Å². The Bertz CT molecular complexity index is 410. The molecule has 0 aliphatic heterocycles. The average Bonchev–Trinajstić information content (AvgIpc) is 2.37. The van der Waals surface area contributed by atoms with E-state index in [1.165, 1.54) is 6.07 Å². The fourth-order valence-corrected chi connectivity index (χ4v) is 1.42. The Morgan fingerprint density at radius 2 is 1.94 bits per heavy atom. The van der Waals surface area contributed by atoms with E-state index in [0.717, 1.165) is 0 Å². The number of aliphatic hydroxyl groups is 2. The van der Waals surface area contributed by atoms with Crippen molar-refractivity contribution in [3.63, 3.8) is 0 Å². The number of amides is 1. The van der Waals surface area contributed by atoms with Gasteiger partial charge in [-0.1, -0.05) is 23.2 Å². The van der Waals surface area contributed by atoms with E-state index in [1.807, 2.05) is 0 Å². The quantitative estimate of drug-likeness (QED) is 0.726. The number of aliphatic hydroxyl groups excluding tert-OH is 2. The molecule has 1 aromatic carbocycles. The van der Waals surface area contributed by atoms with Crippen LogP contribution in [-0.4, -0.2) is 42.0 Å². The third kappa shape index (κ3) is 4.70.